The Hall–Kier alpha value is -8.37. The fourth-order valence-electron chi connectivity index (χ4n) is 9.01. The number of nitrogens with zero attached hydrogens (tertiary/aromatic N) is 6. The molecule has 262 valence electrons. The maximum absolute atomic E-state index is 11.2. The summed E-state index contributed by atoms with van der Waals surface area (Å²) in [6.45, 7) is 8.31. The molecular formula is C51H28N6. The van der Waals surface area contributed by atoms with Gasteiger partial charge in [0.1, 0.15) is 6.07 Å². The third kappa shape index (κ3) is 4.49. The molecule has 0 radical (unpaired) electrons. The van der Waals surface area contributed by atoms with Crippen LogP contribution in [0.25, 0.3) is 98.5 Å². The van der Waals surface area contributed by atoms with E-state index in [0.717, 1.165) is 82.4 Å². The van der Waals surface area contributed by atoms with Crippen molar-refractivity contribution >= 4 is 71.1 Å². The van der Waals surface area contributed by atoms with E-state index >= 15 is 0 Å². The molecule has 11 aromatic rings. The van der Waals surface area contributed by atoms with E-state index in [1.807, 2.05) is 78.9 Å². The molecule has 0 saturated carbocycles. The monoisotopic (exact) mass is 724 g/mol. The van der Waals surface area contributed by atoms with Gasteiger partial charge in [0.05, 0.1) is 68.2 Å². The molecule has 8 aromatic carbocycles. The normalized spacial score (nSPS) is 11.5. The Kier molecular flexibility index (Phi) is 6.95. The lowest BCUT2D eigenvalue weighted by Gasteiger charge is -2.19. The van der Waals surface area contributed by atoms with Crippen LogP contribution in [-0.2, 0) is 0 Å². The van der Waals surface area contributed by atoms with Crippen molar-refractivity contribution in [2.24, 2.45) is 0 Å². The molecule has 57 heavy (non-hydrogen) atoms. The Labute approximate surface area is 326 Å². The fraction of sp³-hybridized carbons (Fsp3) is 0. The minimum Gasteiger partial charge on any atom is -0.318 e. The first-order valence-electron chi connectivity index (χ1n) is 18.7. The molecule has 0 N–H and O–H groups in total. The van der Waals surface area contributed by atoms with E-state index in [4.69, 9.17) is 6.57 Å². The second-order valence-corrected chi connectivity index (χ2v) is 14.2. The number of hydrogen-bond donors (Lipinski definition) is 0. The predicted octanol–water partition coefficient (Wildman–Crippen LogP) is 12.9. The zero-order chi connectivity index (χ0) is 38.2. The van der Waals surface area contributed by atoms with Gasteiger partial charge in [-0.15, -0.1) is 0 Å². The number of nitriles is 2. The lowest BCUT2D eigenvalue weighted by Crippen LogP contribution is -2.04. The minimum absolute atomic E-state index is 0.378. The van der Waals surface area contributed by atoms with Crippen molar-refractivity contribution in [3.63, 3.8) is 0 Å². The molecule has 0 fully saturated rings. The van der Waals surface area contributed by atoms with Crippen LogP contribution in [0.15, 0.2) is 170 Å². The van der Waals surface area contributed by atoms with E-state index in [2.05, 4.69) is 122 Å². The van der Waals surface area contributed by atoms with E-state index < -0.39 is 0 Å². The van der Waals surface area contributed by atoms with E-state index in [1.165, 1.54) is 0 Å². The first-order chi connectivity index (χ1) is 28.2. The van der Waals surface area contributed by atoms with Gasteiger partial charge in [0.2, 0.25) is 5.69 Å². The average Bonchev–Trinajstić information content (AvgIpc) is 3.92. The quantitative estimate of drug-likeness (QED) is 0.170. The highest BCUT2D eigenvalue weighted by Gasteiger charge is 2.26. The Morgan fingerprint density at radius 1 is 0.439 bits per heavy atom. The van der Waals surface area contributed by atoms with Gasteiger partial charge in [0, 0.05) is 49.1 Å². The molecule has 6 nitrogen and oxygen atoms in total. The smallest absolute Gasteiger partial charge is 0.211 e. The van der Waals surface area contributed by atoms with Gasteiger partial charge >= 0.3 is 0 Å². The SMILES string of the molecule is [C-]#[N+]c1ccc(-c2ccc(C#N)cc2-n2c3ccccc3c3ccc4c5ccccc5n(-c5ccccc5)c4c32)c(C#N)c1-n1c2ccccc2c2ccccc21. The maximum atomic E-state index is 11.2. The molecule has 0 unspecified atom stereocenters. The number of rotatable bonds is 4. The highest BCUT2D eigenvalue weighted by molar-refractivity contribution is 6.24. The van der Waals surface area contributed by atoms with Crippen LogP contribution in [0.5, 0.6) is 0 Å². The van der Waals surface area contributed by atoms with Crippen LogP contribution in [0.4, 0.5) is 5.69 Å². The Morgan fingerprint density at radius 3 is 1.49 bits per heavy atom. The number of para-hydroxylation sites is 5. The summed E-state index contributed by atoms with van der Waals surface area (Å²) < 4.78 is 6.67. The van der Waals surface area contributed by atoms with Gasteiger partial charge in [-0.25, -0.2) is 4.85 Å². The molecule has 0 aliphatic carbocycles. The van der Waals surface area contributed by atoms with Crippen molar-refractivity contribution in [3.8, 4) is 40.3 Å². The van der Waals surface area contributed by atoms with E-state index in [1.54, 1.807) is 0 Å². The van der Waals surface area contributed by atoms with Gasteiger partial charge in [-0.1, -0.05) is 121 Å². The summed E-state index contributed by atoms with van der Waals surface area (Å²) in [5.41, 5.74) is 10.9. The van der Waals surface area contributed by atoms with Crippen molar-refractivity contribution < 1.29 is 0 Å². The number of hydrogen-bond acceptors (Lipinski definition) is 2. The second-order valence-electron chi connectivity index (χ2n) is 14.2. The predicted molar refractivity (Wildman–Crippen MR) is 231 cm³/mol. The van der Waals surface area contributed by atoms with Crippen molar-refractivity contribution in [1.29, 1.82) is 10.5 Å². The van der Waals surface area contributed by atoms with Gasteiger partial charge in [-0.3, -0.25) is 0 Å². The average molecular weight is 725 g/mol. The molecule has 0 aliphatic rings. The third-order valence-electron chi connectivity index (χ3n) is 11.3. The third-order valence-corrected chi connectivity index (χ3v) is 11.3. The van der Waals surface area contributed by atoms with Crippen LogP contribution < -0.4 is 0 Å². The van der Waals surface area contributed by atoms with Crippen molar-refractivity contribution in [2.75, 3.05) is 0 Å². The van der Waals surface area contributed by atoms with Gasteiger partial charge in [0.25, 0.3) is 0 Å². The second kappa shape index (κ2) is 12.3. The maximum Gasteiger partial charge on any atom is 0.211 e. The van der Waals surface area contributed by atoms with Crippen LogP contribution in [0.3, 0.4) is 0 Å². The van der Waals surface area contributed by atoms with E-state index in [0.29, 0.717) is 28.1 Å². The highest BCUT2D eigenvalue weighted by Crippen LogP contribution is 2.46. The molecule has 6 heteroatoms. The van der Waals surface area contributed by atoms with Crippen LogP contribution >= 0.6 is 0 Å². The molecule has 3 aromatic heterocycles. The Balaban J connectivity index is 1.31. The van der Waals surface area contributed by atoms with Crippen LogP contribution in [0, 0.1) is 29.2 Å². The summed E-state index contributed by atoms with van der Waals surface area (Å²) in [4.78, 5) is 3.99. The molecule has 0 saturated heterocycles. The van der Waals surface area contributed by atoms with Crippen molar-refractivity contribution in [2.45, 2.75) is 0 Å². The van der Waals surface area contributed by atoms with Gasteiger partial charge < -0.3 is 13.7 Å². The summed E-state index contributed by atoms with van der Waals surface area (Å²) in [5, 5.41) is 28.1. The summed E-state index contributed by atoms with van der Waals surface area (Å²) in [7, 11) is 0. The van der Waals surface area contributed by atoms with Crippen LogP contribution in [0.2, 0.25) is 0 Å². The number of fused-ring (bicyclic) bond motifs is 10. The zero-order valence-electron chi connectivity index (χ0n) is 30.3. The molecule has 11 rings (SSSR count). The van der Waals surface area contributed by atoms with Gasteiger partial charge in [-0.2, -0.15) is 10.5 Å². The lowest BCUT2D eigenvalue weighted by molar-refractivity contribution is 1.15. The molecule has 0 aliphatic heterocycles. The lowest BCUT2D eigenvalue weighted by atomic mass is 9.95. The number of aromatic nitrogens is 3. The summed E-state index contributed by atoms with van der Waals surface area (Å²) in [6, 6.07) is 62.3. The summed E-state index contributed by atoms with van der Waals surface area (Å²) in [5.74, 6) is 0. The Morgan fingerprint density at radius 2 is 0.930 bits per heavy atom. The van der Waals surface area contributed by atoms with Crippen LogP contribution in [0.1, 0.15) is 11.1 Å². The molecule has 0 amide bonds. The van der Waals surface area contributed by atoms with Crippen LogP contribution in [-0.4, -0.2) is 13.7 Å². The first kappa shape index (κ1) is 32.1. The number of benzene rings is 8. The topological polar surface area (TPSA) is 66.7 Å². The molecule has 3 heterocycles. The fourth-order valence-corrected chi connectivity index (χ4v) is 9.01. The zero-order valence-corrected chi connectivity index (χ0v) is 30.3. The summed E-state index contributed by atoms with van der Waals surface area (Å²) in [6.07, 6.45) is 0. The first-order valence-corrected chi connectivity index (χ1v) is 18.7. The largest absolute Gasteiger partial charge is 0.318 e. The molecular weight excluding hydrogens is 697 g/mol. The Bertz CT molecular complexity index is 3560. The van der Waals surface area contributed by atoms with Gasteiger partial charge in [-0.05, 0) is 48.5 Å². The molecule has 0 atom stereocenters. The summed E-state index contributed by atoms with van der Waals surface area (Å²) >= 11 is 0. The molecule has 0 spiro atoms. The highest BCUT2D eigenvalue weighted by atomic mass is 15.0. The van der Waals surface area contributed by atoms with E-state index in [9.17, 15) is 10.5 Å². The van der Waals surface area contributed by atoms with Gasteiger partial charge in [0.15, 0.2) is 0 Å². The minimum atomic E-state index is 0.378. The van der Waals surface area contributed by atoms with E-state index in [-0.39, 0.29) is 0 Å². The molecule has 0 bridgehead atoms. The standard InChI is InChI=1S/C51H28N6/c1-54-43-28-27-34(42(31-53)49(43)56-45-20-10-5-15-35(45)36-16-6-11-21-46(36)56)39-24-23-32(30-52)29-48(39)57-47-22-12-8-18-38(47)41-26-25-40-37-17-7-9-19-44(37)55(50(40)51(41)57)33-13-3-2-4-14-33/h2-29H. The van der Waals surface area contributed by atoms with Crippen molar-refractivity contribution in [3.05, 3.63) is 192 Å². The van der Waals surface area contributed by atoms with Crippen molar-refractivity contribution in [1.82, 2.24) is 13.7 Å².